The van der Waals surface area contributed by atoms with Crippen molar-refractivity contribution >= 4 is 11.5 Å². The monoisotopic (exact) mass is 421 g/mol. The fraction of sp³-hybridized carbons (Fsp3) is 0.552. The number of hydrogen-bond acceptors (Lipinski definition) is 2. The third-order valence-corrected chi connectivity index (χ3v) is 6.09. The number of rotatable bonds is 17. The van der Waals surface area contributed by atoms with E-state index in [9.17, 15) is 4.79 Å². The van der Waals surface area contributed by atoms with Gasteiger partial charge in [0.05, 0.1) is 0 Å². The summed E-state index contributed by atoms with van der Waals surface area (Å²) in [4.78, 5) is 15.2. The average molecular weight is 422 g/mol. The summed E-state index contributed by atoms with van der Waals surface area (Å²) >= 11 is 0. The molecule has 0 amide bonds. The van der Waals surface area contributed by atoms with Crippen LogP contribution in [0.3, 0.4) is 0 Å². The summed E-state index contributed by atoms with van der Waals surface area (Å²) in [6, 6.07) is 17.9. The largest absolute Gasteiger partial charge is 0.372 e. The van der Waals surface area contributed by atoms with Crippen molar-refractivity contribution in [2.24, 2.45) is 0 Å². The molecule has 0 aromatic heterocycles. The van der Waals surface area contributed by atoms with Crippen LogP contribution in [0.2, 0.25) is 0 Å². The number of carbonyl (C=O) groups is 1. The Kier molecular flexibility index (Phi) is 12.7. The molecule has 0 N–H and O–H groups in total. The van der Waals surface area contributed by atoms with E-state index in [1.54, 1.807) is 0 Å². The lowest BCUT2D eigenvalue weighted by atomic mass is 10.0. The van der Waals surface area contributed by atoms with Gasteiger partial charge in [-0.1, -0.05) is 108 Å². The lowest BCUT2D eigenvalue weighted by Gasteiger charge is -2.25. The van der Waals surface area contributed by atoms with E-state index in [-0.39, 0.29) is 5.78 Å². The number of carbonyl (C=O) groups excluding carboxylic acids is 1. The van der Waals surface area contributed by atoms with Gasteiger partial charge in [-0.05, 0) is 37.1 Å². The van der Waals surface area contributed by atoms with Gasteiger partial charge in [-0.2, -0.15) is 0 Å². The quantitative estimate of drug-likeness (QED) is 0.189. The SMILES string of the molecule is CCCCCCCCN(CCCCCCCC)c1ccc(C(=O)c2ccccc2)cc1. The van der Waals surface area contributed by atoms with Crippen LogP contribution in [-0.4, -0.2) is 18.9 Å². The molecule has 0 aliphatic heterocycles. The Hall–Kier alpha value is -2.09. The third-order valence-electron chi connectivity index (χ3n) is 6.09. The van der Waals surface area contributed by atoms with Crippen molar-refractivity contribution in [2.75, 3.05) is 18.0 Å². The van der Waals surface area contributed by atoms with Crippen molar-refractivity contribution < 1.29 is 4.79 Å². The zero-order chi connectivity index (χ0) is 22.2. The van der Waals surface area contributed by atoms with E-state index in [0.717, 1.165) is 24.2 Å². The Labute approximate surface area is 191 Å². The minimum absolute atomic E-state index is 0.102. The van der Waals surface area contributed by atoms with E-state index in [1.165, 1.54) is 82.7 Å². The predicted molar refractivity (Wildman–Crippen MR) is 135 cm³/mol. The summed E-state index contributed by atoms with van der Waals surface area (Å²) in [5.74, 6) is 0.102. The Morgan fingerprint density at radius 1 is 0.581 bits per heavy atom. The lowest BCUT2D eigenvalue weighted by molar-refractivity contribution is 0.103. The van der Waals surface area contributed by atoms with Crippen LogP contribution < -0.4 is 4.90 Å². The molecule has 170 valence electrons. The van der Waals surface area contributed by atoms with Crippen LogP contribution in [0.15, 0.2) is 54.6 Å². The molecule has 0 unspecified atom stereocenters. The van der Waals surface area contributed by atoms with Crippen LogP contribution in [-0.2, 0) is 0 Å². The van der Waals surface area contributed by atoms with Crippen molar-refractivity contribution in [3.8, 4) is 0 Å². The molecule has 2 aromatic rings. The summed E-state index contributed by atoms with van der Waals surface area (Å²) in [7, 11) is 0. The fourth-order valence-electron chi connectivity index (χ4n) is 4.12. The standard InChI is InChI=1S/C29H43NO/c1-3-5-7-9-11-16-24-30(25-17-12-10-8-6-4-2)28-22-20-27(21-23-28)29(31)26-18-14-13-15-19-26/h13-15,18-23H,3-12,16-17,24-25H2,1-2H3. The van der Waals surface area contributed by atoms with Crippen LogP contribution in [0.5, 0.6) is 0 Å². The van der Waals surface area contributed by atoms with Gasteiger partial charge in [0, 0.05) is 29.9 Å². The molecule has 0 saturated heterocycles. The summed E-state index contributed by atoms with van der Waals surface area (Å²) in [5.41, 5.74) is 2.78. The number of ketones is 1. The van der Waals surface area contributed by atoms with Crippen LogP contribution in [0.1, 0.15) is 107 Å². The van der Waals surface area contributed by atoms with Gasteiger partial charge in [-0.3, -0.25) is 4.79 Å². The molecule has 0 aliphatic rings. The molecule has 2 heteroatoms. The zero-order valence-electron chi connectivity index (χ0n) is 20.0. The first-order chi connectivity index (χ1) is 15.3. The average Bonchev–Trinajstić information content (AvgIpc) is 2.82. The molecular weight excluding hydrogens is 378 g/mol. The second-order valence-corrected chi connectivity index (χ2v) is 8.76. The van der Waals surface area contributed by atoms with Gasteiger partial charge >= 0.3 is 0 Å². The van der Waals surface area contributed by atoms with Crippen molar-refractivity contribution in [3.63, 3.8) is 0 Å². The number of anilines is 1. The van der Waals surface area contributed by atoms with E-state index < -0.39 is 0 Å². The zero-order valence-corrected chi connectivity index (χ0v) is 20.0. The van der Waals surface area contributed by atoms with Crippen molar-refractivity contribution in [1.29, 1.82) is 0 Å². The summed E-state index contributed by atoms with van der Waals surface area (Å²) in [6.07, 6.45) is 15.9. The molecular formula is C29H43NO. The highest BCUT2D eigenvalue weighted by Crippen LogP contribution is 2.20. The summed E-state index contributed by atoms with van der Waals surface area (Å²) in [6.45, 7) is 6.78. The van der Waals surface area contributed by atoms with Gasteiger partial charge in [0.15, 0.2) is 5.78 Å². The molecule has 0 heterocycles. The third kappa shape index (κ3) is 9.72. The first kappa shape index (κ1) is 25.2. The molecule has 2 nitrogen and oxygen atoms in total. The normalized spacial score (nSPS) is 10.9. The van der Waals surface area contributed by atoms with Crippen molar-refractivity contribution in [2.45, 2.75) is 90.9 Å². The minimum Gasteiger partial charge on any atom is -0.372 e. The summed E-state index contributed by atoms with van der Waals surface area (Å²) in [5, 5.41) is 0. The number of benzene rings is 2. The molecule has 0 bridgehead atoms. The fourth-order valence-corrected chi connectivity index (χ4v) is 4.12. The maximum atomic E-state index is 12.7. The number of unbranched alkanes of at least 4 members (excludes halogenated alkanes) is 10. The van der Waals surface area contributed by atoms with E-state index in [2.05, 4.69) is 30.9 Å². The van der Waals surface area contributed by atoms with Crippen LogP contribution >= 0.6 is 0 Å². The molecule has 31 heavy (non-hydrogen) atoms. The smallest absolute Gasteiger partial charge is 0.193 e. The maximum Gasteiger partial charge on any atom is 0.193 e. The van der Waals surface area contributed by atoms with Crippen LogP contribution in [0, 0.1) is 0 Å². The van der Waals surface area contributed by atoms with E-state index in [4.69, 9.17) is 0 Å². The predicted octanol–water partition coefficient (Wildman–Crippen LogP) is 8.45. The Morgan fingerprint density at radius 2 is 1.03 bits per heavy atom. The molecule has 0 fully saturated rings. The molecule has 0 radical (unpaired) electrons. The second-order valence-electron chi connectivity index (χ2n) is 8.76. The summed E-state index contributed by atoms with van der Waals surface area (Å²) < 4.78 is 0. The lowest BCUT2D eigenvalue weighted by Crippen LogP contribution is -2.25. The van der Waals surface area contributed by atoms with Crippen molar-refractivity contribution in [1.82, 2.24) is 0 Å². The highest BCUT2D eigenvalue weighted by atomic mass is 16.1. The minimum atomic E-state index is 0.102. The molecule has 2 rings (SSSR count). The van der Waals surface area contributed by atoms with Gasteiger partial charge in [-0.15, -0.1) is 0 Å². The second kappa shape index (κ2) is 15.7. The van der Waals surface area contributed by atoms with Crippen LogP contribution in [0.4, 0.5) is 5.69 Å². The number of hydrogen-bond donors (Lipinski definition) is 0. The van der Waals surface area contributed by atoms with Gasteiger partial charge < -0.3 is 4.90 Å². The maximum absolute atomic E-state index is 12.7. The first-order valence-electron chi connectivity index (χ1n) is 12.7. The van der Waals surface area contributed by atoms with Gasteiger partial charge in [0.2, 0.25) is 0 Å². The van der Waals surface area contributed by atoms with E-state index in [0.29, 0.717) is 0 Å². The Balaban J connectivity index is 1.92. The number of nitrogens with zero attached hydrogens (tertiary/aromatic N) is 1. The van der Waals surface area contributed by atoms with Gasteiger partial charge in [0.25, 0.3) is 0 Å². The van der Waals surface area contributed by atoms with E-state index in [1.807, 2.05) is 42.5 Å². The molecule has 0 atom stereocenters. The topological polar surface area (TPSA) is 20.3 Å². The van der Waals surface area contributed by atoms with Gasteiger partial charge in [0.1, 0.15) is 0 Å². The highest BCUT2D eigenvalue weighted by molar-refractivity contribution is 6.09. The van der Waals surface area contributed by atoms with Crippen molar-refractivity contribution in [3.05, 3.63) is 65.7 Å². The molecule has 0 saturated carbocycles. The van der Waals surface area contributed by atoms with Gasteiger partial charge in [-0.25, -0.2) is 0 Å². The van der Waals surface area contributed by atoms with Crippen LogP contribution in [0.25, 0.3) is 0 Å². The molecule has 0 aliphatic carbocycles. The molecule has 0 spiro atoms. The Morgan fingerprint density at radius 3 is 1.55 bits per heavy atom. The highest BCUT2D eigenvalue weighted by Gasteiger charge is 2.11. The van der Waals surface area contributed by atoms with E-state index >= 15 is 0 Å². The molecule has 2 aromatic carbocycles. The Bertz CT molecular complexity index is 691. The first-order valence-corrected chi connectivity index (χ1v) is 12.7.